The second-order valence-electron chi connectivity index (χ2n) is 10.1. The van der Waals surface area contributed by atoms with Crippen molar-refractivity contribution in [3.8, 4) is 12.3 Å². The largest absolute Gasteiger partial charge is 0.444 e. The number of carbonyl (C=O) groups excluding carboxylic acids is 3. The number of nitrogens with zero attached hydrogens (tertiary/aromatic N) is 1. The minimum Gasteiger partial charge on any atom is -0.444 e. The molecule has 0 bridgehead atoms. The van der Waals surface area contributed by atoms with E-state index in [2.05, 4.69) is 29.2 Å². The highest BCUT2D eigenvalue weighted by molar-refractivity contribution is 7.80. The number of terminal acetylenes is 1. The van der Waals surface area contributed by atoms with Crippen molar-refractivity contribution >= 4 is 36.2 Å². The summed E-state index contributed by atoms with van der Waals surface area (Å²) in [5.41, 5.74) is 1.87. The molecule has 1 fully saturated rings. The lowest BCUT2D eigenvalue weighted by atomic mass is 9.87. The molecule has 7 nitrogen and oxygen atoms in total. The Labute approximate surface area is 224 Å². The lowest BCUT2D eigenvalue weighted by Gasteiger charge is -2.43. The van der Waals surface area contributed by atoms with E-state index in [0.717, 1.165) is 24.8 Å². The number of thiol groups is 1. The molecule has 1 aliphatic rings. The first-order valence-electron chi connectivity index (χ1n) is 12.4. The summed E-state index contributed by atoms with van der Waals surface area (Å²) < 4.78 is 5.36. The molecule has 196 valence electrons. The molecule has 0 saturated heterocycles. The van der Waals surface area contributed by atoms with E-state index in [4.69, 9.17) is 11.2 Å². The molecule has 2 atom stereocenters. The van der Waals surface area contributed by atoms with Crippen LogP contribution in [0.3, 0.4) is 0 Å². The SMILES string of the molecule is C#Cc1ccccc1C(C(=O)Nc1ccccc1C)N(C(=O)C(CS)NC(=O)OC(C)(C)C)C1CCC1. The fourth-order valence-corrected chi connectivity index (χ4v) is 4.44. The quantitative estimate of drug-likeness (QED) is 0.342. The van der Waals surface area contributed by atoms with Crippen LogP contribution in [0.1, 0.15) is 62.8 Å². The number of hydrogen-bond donors (Lipinski definition) is 3. The molecule has 0 radical (unpaired) electrons. The number of amides is 3. The van der Waals surface area contributed by atoms with Crippen LogP contribution in [0.5, 0.6) is 0 Å². The summed E-state index contributed by atoms with van der Waals surface area (Å²) >= 11 is 4.34. The molecule has 3 amide bonds. The Morgan fingerprint density at radius 1 is 1.14 bits per heavy atom. The van der Waals surface area contributed by atoms with Gasteiger partial charge in [0.15, 0.2) is 0 Å². The van der Waals surface area contributed by atoms with E-state index in [0.29, 0.717) is 16.8 Å². The highest BCUT2D eigenvalue weighted by Crippen LogP contribution is 2.35. The van der Waals surface area contributed by atoms with Gasteiger partial charge in [-0.3, -0.25) is 9.59 Å². The average Bonchev–Trinajstić information content (AvgIpc) is 2.81. The Kier molecular flexibility index (Phi) is 9.28. The van der Waals surface area contributed by atoms with Crippen molar-refractivity contribution in [2.75, 3.05) is 11.1 Å². The average molecular weight is 522 g/mol. The first-order chi connectivity index (χ1) is 17.6. The van der Waals surface area contributed by atoms with E-state index in [9.17, 15) is 14.4 Å². The van der Waals surface area contributed by atoms with Gasteiger partial charge >= 0.3 is 6.09 Å². The van der Waals surface area contributed by atoms with Crippen molar-refractivity contribution in [1.82, 2.24) is 10.2 Å². The van der Waals surface area contributed by atoms with Gasteiger partial charge in [0.25, 0.3) is 5.91 Å². The Morgan fingerprint density at radius 2 is 1.78 bits per heavy atom. The molecule has 2 aromatic carbocycles. The number of rotatable bonds is 8. The summed E-state index contributed by atoms with van der Waals surface area (Å²) in [6, 6.07) is 12.4. The number of carbonyl (C=O) groups is 3. The van der Waals surface area contributed by atoms with Gasteiger partial charge < -0.3 is 20.3 Å². The van der Waals surface area contributed by atoms with Gasteiger partial charge in [-0.25, -0.2) is 4.79 Å². The van der Waals surface area contributed by atoms with Gasteiger partial charge in [0.05, 0.1) is 0 Å². The lowest BCUT2D eigenvalue weighted by Crippen LogP contribution is -2.57. The van der Waals surface area contributed by atoms with Crippen molar-refractivity contribution in [3.63, 3.8) is 0 Å². The Hall–Kier alpha value is -3.44. The summed E-state index contributed by atoms with van der Waals surface area (Å²) in [5, 5.41) is 5.63. The molecule has 1 aliphatic carbocycles. The zero-order valence-electron chi connectivity index (χ0n) is 21.8. The van der Waals surface area contributed by atoms with E-state index in [1.807, 2.05) is 31.2 Å². The van der Waals surface area contributed by atoms with E-state index in [1.54, 1.807) is 49.9 Å². The Morgan fingerprint density at radius 3 is 2.35 bits per heavy atom. The number of anilines is 1. The van der Waals surface area contributed by atoms with Crippen molar-refractivity contribution in [3.05, 3.63) is 65.2 Å². The third-order valence-electron chi connectivity index (χ3n) is 6.23. The summed E-state index contributed by atoms with van der Waals surface area (Å²) in [6.07, 6.45) is 7.49. The van der Waals surface area contributed by atoms with Crippen LogP contribution in [0.15, 0.2) is 48.5 Å². The van der Waals surface area contributed by atoms with Crippen molar-refractivity contribution in [2.24, 2.45) is 0 Å². The lowest BCUT2D eigenvalue weighted by molar-refractivity contribution is -0.145. The van der Waals surface area contributed by atoms with Crippen LogP contribution in [-0.4, -0.2) is 46.2 Å². The third-order valence-corrected chi connectivity index (χ3v) is 6.60. The van der Waals surface area contributed by atoms with Crippen LogP contribution >= 0.6 is 12.6 Å². The Balaban J connectivity index is 2.03. The van der Waals surface area contributed by atoms with Crippen LogP contribution in [0, 0.1) is 19.3 Å². The minimum atomic E-state index is -1.01. The normalized spacial score (nSPS) is 14.9. The summed E-state index contributed by atoms with van der Waals surface area (Å²) in [4.78, 5) is 42.1. The molecule has 0 spiro atoms. The molecule has 3 rings (SSSR count). The maximum absolute atomic E-state index is 14.0. The van der Waals surface area contributed by atoms with Gasteiger partial charge in [0, 0.05) is 23.0 Å². The predicted molar refractivity (Wildman–Crippen MR) is 148 cm³/mol. The molecule has 2 unspecified atom stereocenters. The topological polar surface area (TPSA) is 87.7 Å². The van der Waals surface area contributed by atoms with Gasteiger partial charge in [-0.1, -0.05) is 42.3 Å². The summed E-state index contributed by atoms with van der Waals surface area (Å²) in [7, 11) is 0. The predicted octanol–water partition coefficient (Wildman–Crippen LogP) is 4.86. The van der Waals surface area contributed by atoms with E-state index >= 15 is 0 Å². The second-order valence-corrected chi connectivity index (χ2v) is 10.5. The molecule has 0 heterocycles. The highest BCUT2D eigenvalue weighted by Gasteiger charge is 2.42. The van der Waals surface area contributed by atoms with Crippen LogP contribution in [0.4, 0.5) is 10.5 Å². The number of hydrogen-bond acceptors (Lipinski definition) is 5. The highest BCUT2D eigenvalue weighted by atomic mass is 32.1. The van der Waals surface area contributed by atoms with Gasteiger partial charge in [0.2, 0.25) is 5.91 Å². The van der Waals surface area contributed by atoms with Gasteiger partial charge in [-0.2, -0.15) is 12.6 Å². The number of ether oxygens (including phenoxy) is 1. The Bertz CT molecular complexity index is 1180. The number of nitrogens with one attached hydrogen (secondary N) is 2. The number of para-hydroxylation sites is 1. The van der Waals surface area contributed by atoms with Gasteiger partial charge in [-0.05, 0) is 70.2 Å². The molecule has 37 heavy (non-hydrogen) atoms. The molecule has 8 heteroatoms. The van der Waals surface area contributed by atoms with Crippen molar-refractivity contribution in [2.45, 2.75) is 70.7 Å². The summed E-state index contributed by atoms with van der Waals surface area (Å²) in [6.45, 7) is 7.13. The first kappa shape index (κ1) is 28.1. The number of aryl methyl sites for hydroxylation is 1. The maximum Gasteiger partial charge on any atom is 0.408 e. The molecule has 2 aromatic rings. The number of alkyl carbamates (subject to hydrolysis) is 1. The zero-order chi connectivity index (χ0) is 27.2. The number of benzene rings is 2. The third kappa shape index (κ3) is 7.07. The van der Waals surface area contributed by atoms with Crippen LogP contribution in [-0.2, 0) is 14.3 Å². The molecular formula is C29H35N3O4S. The summed E-state index contributed by atoms with van der Waals surface area (Å²) in [5.74, 6) is 1.89. The molecule has 0 aromatic heterocycles. The van der Waals surface area contributed by atoms with E-state index in [-0.39, 0.29) is 17.7 Å². The van der Waals surface area contributed by atoms with E-state index < -0.39 is 29.7 Å². The fraction of sp³-hybridized carbons (Fsp3) is 0.414. The standard InChI is InChI=1S/C29H35N3O4S/c1-6-20-13-8-9-16-22(20)25(26(33)30-23-17-10-7-12-19(23)2)32(21-14-11-15-21)27(34)24(18-37)31-28(35)36-29(3,4)5/h1,7-10,12-13,16-17,21,24-25,37H,11,14-15,18H2,2-5H3,(H,30,33)(H,31,35). The first-order valence-corrected chi connectivity index (χ1v) is 13.0. The molecule has 1 saturated carbocycles. The van der Waals surface area contributed by atoms with Crippen LogP contribution < -0.4 is 10.6 Å². The van der Waals surface area contributed by atoms with Crippen LogP contribution in [0.2, 0.25) is 0 Å². The monoisotopic (exact) mass is 521 g/mol. The van der Waals surface area contributed by atoms with Gasteiger partial charge in [0.1, 0.15) is 17.7 Å². The van der Waals surface area contributed by atoms with Crippen LogP contribution in [0.25, 0.3) is 0 Å². The molecule has 2 N–H and O–H groups in total. The second kappa shape index (κ2) is 12.2. The van der Waals surface area contributed by atoms with Gasteiger partial charge in [-0.15, -0.1) is 6.42 Å². The maximum atomic E-state index is 14.0. The van der Waals surface area contributed by atoms with E-state index in [1.165, 1.54) is 0 Å². The zero-order valence-corrected chi connectivity index (χ0v) is 22.7. The minimum absolute atomic E-state index is 0.0320. The van der Waals surface area contributed by atoms with Crippen molar-refractivity contribution in [1.29, 1.82) is 0 Å². The van der Waals surface area contributed by atoms with Crippen molar-refractivity contribution < 1.29 is 19.1 Å². The molecular weight excluding hydrogens is 486 g/mol. The smallest absolute Gasteiger partial charge is 0.408 e. The molecule has 0 aliphatic heterocycles. The fourth-order valence-electron chi connectivity index (χ4n) is 4.20.